The van der Waals surface area contributed by atoms with Gasteiger partial charge < -0.3 is 13.9 Å². The number of aromatic nitrogens is 1. The number of piperidine rings is 1. The monoisotopic (exact) mass is 342 g/mol. The summed E-state index contributed by atoms with van der Waals surface area (Å²) in [6.45, 7) is 5.43. The predicted molar refractivity (Wildman–Crippen MR) is 93.9 cm³/mol. The van der Waals surface area contributed by atoms with Crippen molar-refractivity contribution in [3.05, 3.63) is 54.2 Å². The van der Waals surface area contributed by atoms with E-state index in [0.717, 1.165) is 38.2 Å². The fourth-order valence-electron chi connectivity index (χ4n) is 3.97. The van der Waals surface area contributed by atoms with Crippen molar-refractivity contribution in [1.29, 1.82) is 0 Å². The van der Waals surface area contributed by atoms with E-state index in [2.05, 4.69) is 16.0 Å². The summed E-state index contributed by atoms with van der Waals surface area (Å²) >= 11 is 0. The number of hydrogen-bond donors (Lipinski definition) is 0. The van der Waals surface area contributed by atoms with E-state index in [0.29, 0.717) is 18.6 Å². The lowest BCUT2D eigenvalue weighted by atomic mass is 9.76. The SMILES string of the molecule is c1cncc(COC[C@@H]2CC3(CCN(Cc4ccoc4)CC3)CO2)c1. The first-order valence-electron chi connectivity index (χ1n) is 9.13. The molecule has 1 atom stereocenters. The summed E-state index contributed by atoms with van der Waals surface area (Å²) in [4.78, 5) is 6.63. The van der Waals surface area contributed by atoms with Crippen molar-refractivity contribution < 1.29 is 13.9 Å². The second kappa shape index (κ2) is 7.68. The van der Waals surface area contributed by atoms with Crippen molar-refractivity contribution in [2.24, 2.45) is 5.41 Å². The molecule has 5 heteroatoms. The van der Waals surface area contributed by atoms with E-state index in [1.54, 1.807) is 12.5 Å². The van der Waals surface area contributed by atoms with Crippen molar-refractivity contribution in [1.82, 2.24) is 9.88 Å². The van der Waals surface area contributed by atoms with Gasteiger partial charge in [-0.25, -0.2) is 0 Å². The lowest BCUT2D eigenvalue weighted by Crippen LogP contribution is -2.40. The zero-order valence-electron chi connectivity index (χ0n) is 14.6. The van der Waals surface area contributed by atoms with Crippen LogP contribution in [0, 0.1) is 5.41 Å². The fourth-order valence-corrected chi connectivity index (χ4v) is 3.97. The average Bonchev–Trinajstić information content (AvgIpc) is 3.29. The van der Waals surface area contributed by atoms with Gasteiger partial charge in [0.1, 0.15) is 0 Å². The number of likely N-dealkylation sites (tertiary alicyclic amines) is 1. The van der Waals surface area contributed by atoms with Crippen LogP contribution in [0.25, 0.3) is 0 Å². The van der Waals surface area contributed by atoms with Crippen molar-refractivity contribution in [2.45, 2.75) is 38.5 Å². The van der Waals surface area contributed by atoms with E-state index in [9.17, 15) is 0 Å². The first-order valence-corrected chi connectivity index (χ1v) is 9.13. The Labute approximate surface area is 148 Å². The third kappa shape index (κ3) is 4.29. The summed E-state index contributed by atoms with van der Waals surface area (Å²) in [7, 11) is 0. The number of ether oxygens (including phenoxy) is 2. The van der Waals surface area contributed by atoms with E-state index in [-0.39, 0.29) is 6.10 Å². The van der Waals surface area contributed by atoms with Gasteiger partial charge in [0, 0.05) is 24.5 Å². The van der Waals surface area contributed by atoms with Crippen molar-refractivity contribution in [3.8, 4) is 0 Å². The topological polar surface area (TPSA) is 47.7 Å². The molecule has 2 aromatic heterocycles. The second-order valence-corrected chi connectivity index (χ2v) is 7.42. The molecule has 25 heavy (non-hydrogen) atoms. The van der Waals surface area contributed by atoms with Crippen LogP contribution in [0.3, 0.4) is 0 Å². The Bertz CT molecular complexity index is 636. The zero-order chi connectivity index (χ0) is 17.0. The van der Waals surface area contributed by atoms with Gasteiger partial charge in [-0.1, -0.05) is 6.07 Å². The van der Waals surface area contributed by atoms with Gasteiger partial charge >= 0.3 is 0 Å². The first kappa shape index (κ1) is 16.8. The molecule has 0 aromatic carbocycles. The second-order valence-electron chi connectivity index (χ2n) is 7.42. The maximum absolute atomic E-state index is 6.05. The van der Waals surface area contributed by atoms with Crippen LogP contribution in [0.15, 0.2) is 47.5 Å². The maximum Gasteiger partial charge on any atom is 0.0947 e. The molecule has 2 fully saturated rings. The number of rotatable bonds is 6. The van der Waals surface area contributed by atoms with Crippen LogP contribution >= 0.6 is 0 Å². The average molecular weight is 342 g/mol. The molecule has 2 aliphatic rings. The summed E-state index contributed by atoms with van der Waals surface area (Å²) in [5, 5.41) is 0. The van der Waals surface area contributed by atoms with Gasteiger partial charge in [0.25, 0.3) is 0 Å². The summed E-state index contributed by atoms with van der Waals surface area (Å²) in [5.41, 5.74) is 2.73. The molecule has 0 unspecified atom stereocenters. The Morgan fingerprint density at radius 1 is 1.24 bits per heavy atom. The molecule has 2 aliphatic heterocycles. The van der Waals surface area contributed by atoms with E-state index in [1.165, 1.54) is 18.4 Å². The lowest BCUT2D eigenvalue weighted by molar-refractivity contribution is 0.00628. The molecule has 0 amide bonds. The Morgan fingerprint density at radius 2 is 2.16 bits per heavy atom. The number of nitrogens with zero attached hydrogens (tertiary/aromatic N) is 2. The van der Waals surface area contributed by atoms with Crippen LogP contribution in [0.1, 0.15) is 30.4 Å². The highest BCUT2D eigenvalue weighted by Gasteiger charge is 2.42. The fraction of sp³-hybridized carbons (Fsp3) is 0.550. The number of pyridine rings is 1. The van der Waals surface area contributed by atoms with E-state index >= 15 is 0 Å². The van der Waals surface area contributed by atoms with E-state index in [1.807, 2.05) is 24.6 Å². The Kier molecular flexibility index (Phi) is 5.15. The molecule has 5 nitrogen and oxygen atoms in total. The Balaban J connectivity index is 1.20. The third-order valence-electron chi connectivity index (χ3n) is 5.48. The van der Waals surface area contributed by atoms with Gasteiger partial charge in [0.05, 0.1) is 38.5 Å². The van der Waals surface area contributed by atoms with Gasteiger partial charge in [-0.3, -0.25) is 9.88 Å². The molecule has 2 saturated heterocycles. The Hall–Kier alpha value is -1.69. The maximum atomic E-state index is 6.05. The summed E-state index contributed by atoms with van der Waals surface area (Å²) in [5.74, 6) is 0. The Morgan fingerprint density at radius 3 is 2.92 bits per heavy atom. The molecule has 2 aromatic rings. The molecule has 0 radical (unpaired) electrons. The largest absolute Gasteiger partial charge is 0.472 e. The highest BCUT2D eigenvalue weighted by molar-refractivity contribution is 5.07. The molecule has 4 rings (SSSR count). The number of hydrogen-bond acceptors (Lipinski definition) is 5. The minimum absolute atomic E-state index is 0.233. The molecule has 0 aliphatic carbocycles. The number of furan rings is 1. The van der Waals surface area contributed by atoms with Crippen molar-refractivity contribution in [2.75, 3.05) is 26.3 Å². The third-order valence-corrected chi connectivity index (χ3v) is 5.48. The quantitative estimate of drug-likeness (QED) is 0.806. The van der Waals surface area contributed by atoms with Crippen molar-refractivity contribution >= 4 is 0 Å². The molecule has 4 heterocycles. The summed E-state index contributed by atoms with van der Waals surface area (Å²) in [6.07, 6.45) is 11.0. The molecule has 134 valence electrons. The standard InChI is InChI=1S/C20H26N2O3/c1-2-17(11-21-6-1)13-24-15-19-10-20(16-25-19)4-7-22(8-5-20)12-18-3-9-23-14-18/h1-3,6,9,11,14,19H,4-5,7-8,10,12-13,15-16H2/t19-/m0/s1. The van der Waals surface area contributed by atoms with Crippen molar-refractivity contribution in [3.63, 3.8) is 0 Å². The summed E-state index contributed by atoms with van der Waals surface area (Å²) in [6, 6.07) is 6.04. The van der Waals surface area contributed by atoms with Gasteiger partial charge in [-0.15, -0.1) is 0 Å². The highest BCUT2D eigenvalue weighted by Crippen LogP contribution is 2.42. The normalized spacial score (nSPS) is 23.3. The van der Waals surface area contributed by atoms with Crippen LogP contribution in [0.4, 0.5) is 0 Å². The van der Waals surface area contributed by atoms with Crippen LogP contribution in [0.5, 0.6) is 0 Å². The summed E-state index contributed by atoms with van der Waals surface area (Å²) < 4.78 is 17.1. The van der Waals surface area contributed by atoms with E-state index < -0.39 is 0 Å². The smallest absolute Gasteiger partial charge is 0.0947 e. The van der Waals surface area contributed by atoms with Gasteiger partial charge in [-0.05, 0) is 55.5 Å². The van der Waals surface area contributed by atoms with Gasteiger partial charge in [0.2, 0.25) is 0 Å². The van der Waals surface area contributed by atoms with Gasteiger partial charge in [0.15, 0.2) is 0 Å². The van der Waals surface area contributed by atoms with E-state index in [4.69, 9.17) is 13.9 Å². The minimum Gasteiger partial charge on any atom is -0.472 e. The molecular formula is C20H26N2O3. The van der Waals surface area contributed by atoms with Crippen LogP contribution < -0.4 is 0 Å². The van der Waals surface area contributed by atoms with Gasteiger partial charge in [-0.2, -0.15) is 0 Å². The molecular weight excluding hydrogens is 316 g/mol. The minimum atomic E-state index is 0.233. The molecule has 0 saturated carbocycles. The zero-order valence-corrected chi connectivity index (χ0v) is 14.6. The predicted octanol–water partition coefficient (Wildman–Crippen LogP) is 3.26. The van der Waals surface area contributed by atoms with Crippen LogP contribution in [-0.4, -0.2) is 42.3 Å². The first-order chi connectivity index (χ1) is 12.3. The van der Waals surface area contributed by atoms with Crippen LogP contribution in [-0.2, 0) is 22.6 Å². The van der Waals surface area contributed by atoms with Crippen LogP contribution in [0.2, 0.25) is 0 Å². The molecule has 0 bridgehead atoms. The molecule has 1 spiro atoms. The highest BCUT2D eigenvalue weighted by atomic mass is 16.5. The lowest BCUT2D eigenvalue weighted by Gasteiger charge is -2.38. The molecule has 0 N–H and O–H groups in total.